The molecule has 1 rings (SSSR count). The van der Waals surface area contributed by atoms with Crippen molar-refractivity contribution >= 4 is 5.78 Å². The van der Waals surface area contributed by atoms with Gasteiger partial charge in [-0.15, -0.1) is 0 Å². The van der Waals surface area contributed by atoms with Crippen LogP contribution in [0.15, 0.2) is 6.07 Å². The molecule has 0 heterocycles. The van der Waals surface area contributed by atoms with Crippen LogP contribution in [0, 0.1) is 20.8 Å². The van der Waals surface area contributed by atoms with E-state index < -0.39 is 0 Å². The van der Waals surface area contributed by atoms with E-state index in [4.69, 9.17) is 9.84 Å². The lowest BCUT2D eigenvalue weighted by Gasteiger charge is -2.15. The maximum Gasteiger partial charge on any atom is 0.169 e. The van der Waals surface area contributed by atoms with Gasteiger partial charge in [0.25, 0.3) is 0 Å². The van der Waals surface area contributed by atoms with Crippen molar-refractivity contribution in [2.75, 3.05) is 13.7 Å². The number of carbonyl (C=O) groups is 1. The number of aliphatic hydroxyl groups excluding tert-OH is 1. The number of benzene rings is 1. The van der Waals surface area contributed by atoms with Gasteiger partial charge in [0.1, 0.15) is 5.75 Å². The molecule has 3 heteroatoms. The Bertz CT molecular complexity index is 408. The lowest BCUT2D eigenvalue weighted by atomic mass is 9.95. The molecule has 0 radical (unpaired) electrons. The number of Topliss-reactive ketones (excluding diaryl/α,β-unsaturated/α-hetero) is 1. The molecular formula is C13H18O3. The Balaban J connectivity index is 3.36. The van der Waals surface area contributed by atoms with Gasteiger partial charge in [0, 0.05) is 6.42 Å². The molecule has 16 heavy (non-hydrogen) atoms. The standard InChI is InChI=1S/C13H18O3/c1-8-7-9(2)12(11(15)5-6-14)13(16-4)10(8)3/h7,14H,5-6H2,1-4H3. The first-order valence-corrected chi connectivity index (χ1v) is 5.31. The van der Waals surface area contributed by atoms with Crippen molar-refractivity contribution in [1.29, 1.82) is 0 Å². The highest BCUT2D eigenvalue weighted by molar-refractivity contribution is 6.00. The zero-order chi connectivity index (χ0) is 12.3. The average molecular weight is 222 g/mol. The van der Waals surface area contributed by atoms with E-state index in [0.717, 1.165) is 16.7 Å². The Hall–Kier alpha value is -1.35. The summed E-state index contributed by atoms with van der Waals surface area (Å²) in [5.74, 6) is 0.566. The molecule has 88 valence electrons. The van der Waals surface area contributed by atoms with Crippen LogP contribution in [0.3, 0.4) is 0 Å². The minimum absolute atomic E-state index is 0.0695. The Labute approximate surface area is 96.1 Å². The van der Waals surface area contributed by atoms with E-state index >= 15 is 0 Å². The van der Waals surface area contributed by atoms with Gasteiger partial charge >= 0.3 is 0 Å². The Morgan fingerprint density at radius 2 is 1.94 bits per heavy atom. The number of aliphatic hydroxyl groups is 1. The first-order chi connectivity index (χ1) is 7.52. The lowest BCUT2D eigenvalue weighted by Crippen LogP contribution is -2.08. The van der Waals surface area contributed by atoms with Gasteiger partial charge in [-0.25, -0.2) is 0 Å². The van der Waals surface area contributed by atoms with Gasteiger partial charge in [-0.05, 0) is 37.5 Å². The molecule has 0 atom stereocenters. The molecule has 0 saturated carbocycles. The van der Waals surface area contributed by atoms with Crippen molar-refractivity contribution in [2.24, 2.45) is 0 Å². The second-order valence-corrected chi connectivity index (χ2v) is 3.94. The van der Waals surface area contributed by atoms with E-state index in [0.29, 0.717) is 11.3 Å². The van der Waals surface area contributed by atoms with Crippen molar-refractivity contribution in [3.8, 4) is 5.75 Å². The van der Waals surface area contributed by atoms with Crippen molar-refractivity contribution in [2.45, 2.75) is 27.2 Å². The SMILES string of the molecule is COc1c(C)c(C)cc(C)c1C(=O)CCO. The van der Waals surface area contributed by atoms with Gasteiger partial charge in [0.2, 0.25) is 0 Å². The average Bonchev–Trinajstić information content (AvgIpc) is 2.23. The lowest BCUT2D eigenvalue weighted by molar-refractivity contribution is 0.0953. The third kappa shape index (κ3) is 2.25. The van der Waals surface area contributed by atoms with Gasteiger partial charge in [-0.2, -0.15) is 0 Å². The topological polar surface area (TPSA) is 46.5 Å². The highest BCUT2D eigenvalue weighted by Gasteiger charge is 2.18. The number of hydrogen-bond acceptors (Lipinski definition) is 3. The molecule has 1 aromatic rings. The molecule has 0 fully saturated rings. The summed E-state index contributed by atoms with van der Waals surface area (Å²) in [4.78, 5) is 11.9. The third-order valence-electron chi connectivity index (χ3n) is 2.81. The first kappa shape index (κ1) is 12.7. The fourth-order valence-corrected chi connectivity index (χ4v) is 1.88. The second kappa shape index (κ2) is 5.12. The first-order valence-electron chi connectivity index (χ1n) is 5.31. The van der Waals surface area contributed by atoms with Crippen LogP contribution in [-0.2, 0) is 0 Å². The maximum absolute atomic E-state index is 11.9. The van der Waals surface area contributed by atoms with Crippen LogP contribution < -0.4 is 4.74 Å². The summed E-state index contributed by atoms with van der Waals surface area (Å²) < 4.78 is 5.30. The monoisotopic (exact) mass is 222 g/mol. The van der Waals surface area contributed by atoms with E-state index in [1.54, 1.807) is 7.11 Å². The summed E-state index contributed by atoms with van der Waals surface area (Å²) in [5, 5.41) is 8.81. The summed E-state index contributed by atoms with van der Waals surface area (Å²) in [6, 6.07) is 1.97. The van der Waals surface area contributed by atoms with E-state index in [1.807, 2.05) is 26.8 Å². The number of rotatable bonds is 4. The fraction of sp³-hybridized carbons (Fsp3) is 0.462. The van der Waals surface area contributed by atoms with Gasteiger partial charge in [0.05, 0.1) is 19.3 Å². The van der Waals surface area contributed by atoms with E-state index in [9.17, 15) is 4.79 Å². The molecule has 0 aromatic heterocycles. The molecule has 0 saturated heterocycles. The van der Waals surface area contributed by atoms with Gasteiger partial charge < -0.3 is 9.84 Å². The molecule has 1 N–H and O–H groups in total. The molecule has 0 aliphatic heterocycles. The summed E-state index contributed by atoms with van der Waals surface area (Å²) in [6.07, 6.45) is 0.139. The number of aryl methyl sites for hydroxylation is 2. The molecule has 0 aliphatic rings. The van der Waals surface area contributed by atoms with E-state index in [1.165, 1.54) is 0 Å². The van der Waals surface area contributed by atoms with Crippen molar-refractivity contribution in [1.82, 2.24) is 0 Å². The predicted octanol–water partition coefficient (Wildman–Crippen LogP) is 2.19. The minimum Gasteiger partial charge on any atom is -0.496 e. The highest BCUT2D eigenvalue weighted by Crippen LogP contribution is 2.30. The summed E-state index contributed by atoms with van der Waals surface area (Å²) in [5.41, 5.74) is 3.59. The number of methoxy groups -OCH3 is 1. The zero-order valence-corrected chi connectivity index (χ0v) is 10.3. The number of hydrogen-bond donors (Lipinski definition) is 1. The van der Waals surface area contributed by atoms with Crippen LogP contribution in [0.1, 0.15) is 33.5 Å². The Morgan fingerprint density at radius 3 is 2.44 bits per heavy atom. The van der Waals surface area contributed by atoms with Gasteiger partial charge in [-0.3, -0.25) is 4.79 Å². The third-order valence-corrected chi connectivity index (χ3v) is 2.81. The van der Waals surface area contributed by atoms with Crippen LogP contribution in [0.4, 0.5) is 0 Å². The largest absolute Gasteiger partial charge is 0.496 e. The quantitative estimate of drug-likeness (QED) is 0.794. The predicted molar refractivity (Wildman–Crippen MR) is 63.2 cm³/mol. The van der Waals surface area contributed by atoms with Crippen LogP contribution in [-0.4, -0.2) is 24.6 Å². The van der Waals surface area contributed by atoms with Gasteiger partial charge in [-0.1, -0.05) is 6.07 Å². The maximum atomic E-state index is 11.9. The number of carbonyl (C=O) groups excluding carboxylic acids is 1. The molecular weight excluding hydrogens is 204 g/mol. The summed E-state index contributed by atoms with van der Waals surface area (Å²) in [7, 11) is 1.57. The van der Waals surface area contributed by atoms with Crippen LogP contribution in [0.5, 0.6) is 5.75 Å². The van der Waals surface area contributed by atoms with E-state index in [-0.39, 0.29) is 18.8 Å². The van der Waals surface area contributed by atoms with Crippen molar-refractivity contribution < 1.29 is 14.6 Å². The van der Waals surface area contributed by atoms with Crippen molar-refractivity contribution in [3.05, 3.63) is 28.3 Å². The molecule has 0 aliphatic carbocycles. The molecule has 0 unspecified atom stereocenters. The molecule has 3 nitrogen and oxygen atoms in total. The van der Waals surface area contributed by atoms with E-state index in [2.05, 4.69) is 0 Å². The number of ketones is 1. The molecule has 0 amide bonds. The van der Waals surface area contributed by atoms with Crippen LogP contribution >= 0.6 is 0 Å². The Kier molecular flexibility index (Phi) is 4.07. The molecule has 0 spiro atoms. The Morgan fingerprint density at radius 1 is 1.31 bits per heavy atom. The normalized spacial score (nSPS) is 10.3. The van der Waals surface area contributed by atoms with Gasteiger partial charge in [0.15, 0.2) is 5.78 Å². The van der Waals surface area contributed by atoms with Crippen LogP contribution in [0.25, 0.3) is 0 Å². The summed E-state index contributed by atoms with van der Waals surface area (Å²) in [6.45, 7) is 5.68. The molecule has 1 aromatic carbocycles. The number of ether oxygens (including phenoxy) is 1. The minimum atomic E-state index is -0.131. The van der Waals surface area contributed by atoms with Crippen LogP contribution in [0.2, 0.25) is 0 Å². The highest BCUT2D eigenvalue weighted by atomic mass is 16.5. The summed E-state index contributed by atoms with van der Waals surface area (Å²) >= 11 is 0. The molecule has 0 bridgehead atoms. The second-order valence-electron chi connectivity index (χ2n) is 3.94. The smallest absolute Gasteiger partial charge is 0.169 e. The fourth-order valence-electron chi connectivity index (χ4n) is 1.88. The zero-order valence-electron chi connectivity index (χ0n) is 10.3. The van der Waals surface area contributed by atoms with Crippen molar-refractivity contribution in [3.63, 3.8) is 0 Å².